The summed E-state index contributed by atoms with van der Waals surface area (Å²) in [5.74, 6) is 0.872. The minimum Gasteiger partial charge on any atom is -0.487 e. The van der Waals surface area contributed by atoms with Gasteiger partial charge in [0.05, 0.1) is 17.7 Å². The predicted octanol–water partition coefficient (Wildman–Crippen LogP) is 2.60. The van der Waals surface area contributed by atoms with E-state index >= 15 is 0 Å². The van der Waals surface area contributed by atoms with Crippen LogP contribution in [0.3, 0.4) is 0 Å². The summed E-state index contributed by atoms with van der Waals surface area (Å²) in [5.41, 5.74) is 1.12. The van der Waals surface area contributed by atoms with Gasteiger partial charge in [0, 0.05) is 32.9 Å². The monoisotopic (exact) mass is 331 g/mol. The molecule has 0 aliphatic carbocycles. The molecule has 0 aliphatic heterocycles. The van der Waals surface area contributed by atoms with Crippen molar-refractivity contribution in [2.24, 2.45) is 0 Å². The largest absolute Gasteiger partial charge is 0.487 e. The lowest BCUT2D eigenvalue weighted by Crippen LogP contribution is -2.22. The molecule has 4 nitrogen and oxygen atoms in total. The number of ether oxygens (including phenoxy) is 3. The van der Waals surface area contributed by atoms with E-state index in [2.05, 4.69) is 27.3 Å². The topological polar surface area (TPSA) is 39.7 Å². The predicted molar refractivity (Wildman–Crippen MR) is 79.7 cm³/mol. The van der Waals surface area contributed by atoms with E-state index in [1.807, 2.05) is 19.1 Å². The number of rotatable bonds is 9. The van der Waals surface area contributed by atoms with E-state index in [4.69, 9.17) is 14.2 Å². The van der Waals surface area contributed by atoms with Crippen LogP contribution in [-0.2, 0) is 16.0 Å². The molecular weight excluding hydrogens is 310 g/mol. The molecule has 108 valence electrons. The van der Waals surface area contributed by atoms with Gasteiger partial charge in [-0.1, -0.05) is 12.1 Å². The van der Waals surface area contributed by atoms with Crippen molar-refractivity contribution in [2.45, 2.75) is 19.6 Å². The number of para-hydroxylation sites is 1. The molecule has 5 heteroatoms. The van der Waals surface area contributed by atoms with E-state index in [0.29, 0.717) is 13.2 Å². The van der Waals surface area contributed by atoms with Crippen LogP contribution in [0.25, 0.3) is 0 Å². The molecule has 1 rings (SSSR count). The van der Waals surface area contributed by atoms with Crippen molar-refractivity contribution >= 4 is 15.9 Å². The summed E-state index contributed by atoms with van der Waals surface area (Å²) < 4.78 is 17.0. The molecule has 19 heavy (non-hydrogen) atoms. The lowest BCUT2D eigenvalue weighted by atomic mass is 10.2. The number of benzene rings is 1. The van der Waals surface area contributed by atoms with Gasteiger partial charge in [-0.3, -0.25) is 0 Å². The molecular formula is C14H22BrNO3. The van der Waals surface area contributed by atoms with Gasteiger partial charge in [0.15, 0.2) is 0 Å². The van der Waals surface area contributed by atoms with E-state index in [9.17, 15) is 0 Å². The molecule has 0 bridgehead atoms. The van der Waals surface area contributed by atoms with Crippen molar-refractivity contribution in [1.29, 1.82) is 0 Å². The zero-order chi connectivity index (χ0) is 14.1. The number of methoxy groups -OCH3 is 2. The molecule has 0 spiro atoms. The molecule has 1 atom stereocenters. The van der Waals surface area contributed by atoms with Gasteiger partial charge < -0.3 is 19.5 Å². The van der Waals surface area contributed by atoms with E-state index in [1.165, 1.54) is 0 Å². The van der Waals surface area contributed by atoms with Gasteiger partial charge in [-0.2, -0.15) is 0 Å². The van der Waals surface area contributed by atoms with Crippen molar-refractivity contribution in [3.05, 3.63) is 28.2 Å². The first-order chi connectivity index (χ1) is 9.19. The third kappa shape index (κ3) is 5.91. The summed E-state index contributed by atoms with van der Waals surface area (Å²) in [6, 6.07) is 6.04. The van der Waals surface area contributed by atoms with Crippen molar-refractivity contribution < 1.29 is 14.2 Å². The molecule has 0 fully saturated rings. The van der Waals surface area contributed by atoms with Crippen LogP contribution in [0.5, 0.6) is 5.75 Å². The quantitative estimate of drug-likeness (QED) is 0.706. The van der Waals surface area contributed by atoms with Crippen molar-refractivity contribution in [2.75, 3.05) is 34.0 Å². The molecule has 1 N–H and O–H groups in total. The van der Waals surface area contributed by atoms with Crippen LogP contribution in [-0.4, -0.2) is 40.1 Å². The van der Waals surface area contributed by atoms with Gasteiger partial charge in [0.2, 0.25) is 0 Å². The van der Waals surface area contributed by atoms with Crippen molar-refractivity contribution in [1.82, 2.24) is 5.32 Å². The fourth-order valence-corrected chi connectivity index (χ4v) is 2.19. The van der Waals surface area contributed by atoms with Gasteiger partial charge >= 0.3 is 0 Å². The Morgan fingerprint density at radius 3 is 2.74 bits per heavy atom. The third-order valence-corrected chi connectivity index (χ3v) is 3.19. The summed E-state index contributed by atoms with van der Waals surface area (Å²) in [6.07, 6.45) is 0.0152. The average Bonchev–Trinajstić information content (AvgIpc) is 2.38. The van der Waals surface area contributed by atoms with Crippen LogP contribution in [0.2, 0.25) is 0 Å². The third-order valence-electron chi connectivity index (χ3n) is 2.57. The van der Waals surface area contributed by atoms with E-state index in [0.717, 1.165) is 28.9 Å². The van der Waals surface area contributed by atoms with Crippen LogP contribution < -0.4 is 10.1 Å². The number of halogens is 1. The van der Waals surface area contributed by atoms with Crippen molar-refractivity contribution in [3.63, 3.8) is 0 Å². The second-order valence-corrected chi connectivity index (χ2v) is 5.14. The molecule has 1 unspecified atom stereocenters. The molecule has 0 radical (unpaired) electrons. The highest BCUT2D eigenvalue weighted by Gasteiger charge is 2.11. The summed E-state index contributed by atoms with van der Waals surface area (Å²) >= 11 is 3.53. The Kier molecular flexibility index (Phi) is 8.05. The summed E-state index contributed by atoms with van der Waals surface area (Å²) in [5, 5.41) is 3.32. The highest BCUT2D eigenvalue weighted by molar-refractivity contribution is 9.10. The van der Waals surface area contributed by atoms with Gasteiger partial charge in [-0.25, -0.2) is 0 Å². The maximum atomic E-state index is 5.93. The second-order valence-electron chi connectivity index (χ2n) is 4.28. The molecule has 0 aromatic heterocycles. The minimum absolute atomic E-state index is 0.0152. The molecule has 0 saturated heterocycles. The Labute approximate surface area is 123 Å². The van der Waals surface area contributed by atoms with Crippen LogP contribution in [0.15, 0.2) is 22.7 Å². The Bertz CT molecular complexity index is 374. The van der Waals surface area contributed by atoms with E-state index in [-0.39, 0.29) is 6.10 Å². The van der Waals surface area contributed by atoms with Crippen LogP contribution >= 0.6 is 15.9 Å². The smallest absolute Gasteiger partial charge is 0.138 e. The number of nitrogens with one attached hydrogen (secondary N) is 1. The summed E-state index contributed by atoms with van der Waals surface area (Å²) in [4.78, 5) is 0. The Morgan fingerprint density at radius 1 is 1.26 bits per heavy atom. The molecule has 0 heterocycles. The molecule has 0 saturated carbocycles. The number of hydrogen-bond donors (Lipinski definition) is 1. The molecule has 1 aromatic rings. The maximum Gasteiger partial charge on any atom is 0.138 e. The SMILES string of the molecule is COCCNCc1cccc(Br)c1OC(C)COC. The lowest BCUT2D eigenvalue weighted by Gasteiger charge is -2.18. The molecule has 0 amide bonds. The first kappa shape index (κ1) is 16.4. The highest BCUT2D eigenvalue weighted by Crippen LogP contribution is 2.30. The Hall–Kier alpha value is -0.620. The lowest BCUT2D eigenvalue weighted by molar-refractivity contribution is 0.0908. The fourth-order valence-electron chi connectivity index (χ4n) is 1.69. The van der Waals surface area contributed by atoms with E-state index < -0.39 is 0 Å². The number of hydrogen-bond acceptors (Lipinski definition) is 4. The van der Waals surface area contributed by atoms with Gasteiger partial charge in [-0.15, -0.1) is 0 Å². The molecule has 1 aromatic carbocycles. The highest BCUT2D eigenvalue weighted by atomic mass is 79.9. The standard InChI is InChI=1S/C14H22BrNO3/c1-11(10-18-3)19-14-12(5-4-6-13(14)15)9-16-7-8-17-2/h4-6,11,16H,7-10H2,1-3H3. The first-order valence-electron chi connectivity index (χ1n) is 6.31. The van der Waals surface area contributed by atoms with Crippen LogP contribution in [0.4, 0.5) is 0 Å². The molecule has 0 aliphatic rings. The average molecular weight is 332 g/mol. The first-order valence-corrected chi connectivity index (χ1v) is 7.11. The fraction of sp³-hybridized carbons (Fsp3) is 0.571. The van der Waals surface area contributed by atoms with E-state index in [1.54, 1.807) is 14.2 Å². The van der Waals surface area contributed by atoms with Crippen LogP contribution in [0.1, 0.15) is 12.5 Å². The van der Waals surface area contributed by atoms with Gasteiger partial charge in [0.25, 0.3) is 0 Å². The van der Waals surface area contributed by atoms with Crippen molar-refractivity contribution in [3.8, 4) is 5.75 Å². The Balaban J connectivity index is 2.66. The van der Waals surface area contributed by atoms with Crippen LogP contribution in [0, 0.1) is 0 Å². The minimum atomic E-state index is 0.0152. The summed E-state index contributed by atoms with van der Waals surface area (Å²) in [7, 11) is 3.37. The zero-order valence-corrected chi connectivity index (χ0v) is 13.3. The zero-order valence-electron chi connectivity index (χ0n) is 11.7. The Morgan fingerprint density at radius 2 is 2.05 bits per heavy atom. The summed E-state index contributed by atoms with van der Waals surface area (Å²) in [6.45, 7) is 4.82. The second kappa shape index (κ2) is 9.31. The normalized spacial score (nSPS) is 12.4. The van der Waals surface area contributed by atoms with Gasteiger partial charge in [0.1, 0.15) is 11.9 Å². The van der Waals surface area contributed by atoms with Gasteiger partial charge in [-0.05, 0) is 28.9 Å². The maximum absolute atomic E-state index is 5.93.